The first-order chi connectivity index (χ1) is 13.2. The Kier molecular flexibility index (Phi) is 5.02. The summed E-state index contributed by atoms with van der Waals surface area (Å²) >= 11 is 0. The molecule has 0 aliphatic heterocycles. The highest BCUT2D eigenvalue weighted by molar-refractivity contribution is 5.78. The molecule has 1 saturated carbocycles. The molecule has 7 nitrogen and oxygen atoms in total. The van der Waals surface area contributed by atoms with E-state index in [2.05, 4.69) is 20.0 Å². The van der Waals surface area contributed by atoms with Crippen LogP contribution in [0.4, 0.5) is 0 Å². The van der Waals surface area contributed by atoms with Crippen LogP contribution in [0.2, 0.25) is 0 Å². The van der Waals surface area contributed by atoms with Gasteiger partial charge in [0.2, 0.25) is 5.91 Å². The fourth-order valence-corrected chi connectivity index (χ4v) is 3.76. The summed E-state index contributed by atoms with van der Waals surface area (Å²) in [4.78, 5) is 16.6. The van der Waals surface area contributed by atoms with Crippen molar-refractivity contribution in [2.75, 3.05) is 0 Å². The topological polar surface area (TPSA) is 93.2 Å². The van der Waals surface area contributed by atoms with Crippen molar-refractivity contribution in [3.8, 4) is 11.4 Å². The minimum Gasteiger partial charge on any atom is -0.391 e. The van der Waals surface area contributed by atoms with Crippen LogP contribution in [0, 0.1) is 5.92 Å². The van der Waals surface area contributed by atoms with Gasteiger partial charge >= 0.3 is 0 Å². The average Bonchev–Trinajstić information content (AvgIpc) is 3.39. The predicted octanol–water partition coefficient (Wildman–Crippen LogP) is 2.04. The van der Waals surface area contributed by atoms with Crippen LogP contribution >= 0.6 is 0 Å². The molecule has 3 aromatic rings. The summed E-state index contributed by atoms with van der Waals surface area (Å²) in [6, 6.07) is 11.5. The number of aliphatic hydroxyl groups is 1. The van der Waals surface area contributed by atoms with Crippen molar-refractivity contribution in [1.82, 2.24) is 20.0 Å². The molecule has 1 unspecified atom stereocenters. The molecule has 1 amide bonds. The quantitative estimate of drug-likeness (QED) is 0.696. The minimum absolute atomic E-state index is 0.152. The number of carbonyl (C=O) groups is 1. The maximum absolute atomic E-state index is 12.2. The standard InChI is InChI=1S/C20H22N4O3/c25-18-11-14(10-17(18)22-19(26)12-16-6-9-27-23-16)13-24-8-7-21-20(24)15-4-2-1-3-5-15/h1-9,14,17-18,25H,10-13H2,(H,22,26)/t14?,17-,18-/m1/s1. The van der Waals surface area contributed by atoms with Crippen molar-refractivity contribution in [2.24, 2.45) is 5.92 Å². The molecule has 1 aliphatic rings. The van der Waals surface area contributed by atoms with Crippen molar-refractivity contribution in [2.45, 2.75) is 38.0 Å². The van der Waals surface area contributed by atoms with Crippen LogP contribution in [0.1, 0.15) is 18.5 Å². The van der Waals surface area contributed by atoms with E-state index in [-0.39, 0.29) is 24.3 Å². The van der Waals surface area contributed by atoms with E-state index >= 15 is 0 Å². The van der Waals surface area contributed by atoms with E-state index < -0.39 is 6.10 Å². The van der Waals surface area contributed by atoms with Crippen LogP contribution in [0.15, 0.2) is 59.6 Å². The molecule has 27 heavy (non-hydrogen) atoms. The summed E-state index contributed by atoms with van der Waals surface area (Å²) in [7, 11) is 0. The lowest BCUT2D eigenvalue weighted by Gasteiger charge is -2.16. The molecular weight excluding hydrogens is 344 g/mol. The maximum Gasteiger partial charge on any atom is 0.226 e. The zero-order chi connectivity index (χ0) is 18.6. The molecule has 0 spiro atoms. The Morgan fingerprint density at radius 3 is 2.89 bits per heavy atom. The number of carbonyl (C=O) groups excluding carboxylic acids is 1. The smallest absolute Gasteiger partial charge is 0.226 e. The van der Waals surface area contributed by atoms with Crippen LogP contribution in [-0.4, -0.2) is 37.9 Å². The minimum atomic E-state index is -0.542. The molecule has 0 radical (unpaired) electrons. The van der Waals surface area contributed by atoms with E-state index in [1.165, 1.54) is 6.26 Å². The Morgan fingerprint density at radius 1 is 1.26 bits per heavy atom. The number of hydrogen-bond donors (Lipinski definition) is 2. The van der Waals surface area contributed by atoms with E-state index in [0.29, 0.717) is 12.1 Å². The molecule has 1 aromatic carbocycles. The molecule has 7 heteroatoms. The zero-order valence-corrected chi connectivity index (χ0v) is 14.9. The second-order valence-electron chi connectivity index (χ2n) is 7.02. The van der Waals surface area contributed by atoms with Gasteiger partial charge in [0.1, 0.15) is 12.1 Å². The summed E-state index contributed by atoms with van der Waals surface area (Å²) in [5, 5.41) is 17.0. The van der Waals surface area contributed by atoms with Crippen LogP contribution < -0.4 is 5.32 Å². The highest BCUT2D eigenvalue weighted by Gasteiger charge is 2.34. The SMILES string of the molecule is O=C(Cc1ccon1)N[C@@H]1CC(Cn2ccnc2-c2ccccc2)C[C@H]1O. The molecule has 3 atom stereocenters. The lowest BCUT2D eigenvalue weighted by atomic mass is 10.1. The van der Waals surface area contributed by atoms with Gasteiger partial charge in [-0.15, -0.1) is 0 Å². The van der Waals surface area contributed by atoms with Crippen LogP contribution in [0.25, 0.3) is 11.4 Å². The largest absolute Gasteiger partial charge is 0.391 e. The van der Waals surface area contributed by atoms with Gasteiger partial charge in [-0.1, -0.05) is 35.5 Å². The van der Waals surface area contributed by atoms with Gasteiger partial charge in [0.15, 0.2) is 0 Å². The normalized spacial score (nSPS) is 22.0. The van der Waals surface area contributed by atoms with E-state index in [1.54, 1.807) is 12.3 Å². The van der Waals surface area contributed by atoms with E-state index in [4.69, 9.17) is 4.52 Å². The van der Waals surface area contributed by atoms with Crippen molar-refractivity contribution < 1.29 is 14.4 Å². The zero-order valence-electron chi connectivity index (χ0n) is 14.9. The maximum atomic E-state index is 12.2. The molecule has 0 saturated heterocycles. The summed E-state index contributed by atoms with van der Waals surface area (Å²) in [6.45, 7) is 0.761. The lowest BCUT2D eigenvalue weighted by molar-refractivity contribution is -0.121. The fourth-order valence-electron chi connectivity index (χ4n) is 3.76. The summed E-state index contributed by atoms with van der Waals surface area (Å²) in [5.74, 6) is 1.04. The summed E-state index contributed by atoms with van der Waals surface area (Å²) < 4.78 is 6.86. The highest BCUT2D eigenvalue weighted by Crippen LogP contribution is 2.29. The molecule has 2 heterocycles. The van der Waals surface area contributed by atoms with Crippen molar-refractivity contribution in [3.05, 3.63) is 60.7 Å². The van der Waals surface area contributed by atoms with Crippen LogP contribution in [-0.2, 0) is 17.8 Å². The molecular formula is C20H22N4O3. The molecule has 4 rings (SSSR count). The fraction of sp³-hybridized carbons (Fsp3) is 0.350. The number of hydrogen-bond acceptors (Lipinski definition) is 5. The first kappa shape index (κ1) is 17.5. The first-order valence-electron chi connectivity index (χ1n) is 9.12. The monoisotopic (exact) mass is 366 g/mol. The number of benzene rings is 1. The van der Waals surface area contributed by atoms with Gasteiger partial charge in [-0.05, 0) is 18.8 Å². The van der Waals surface area contributed by atoms with Crippen molar-refractivity contribution in [1.29, 1.82) is 0 Å². The van der Waals surface area contributed by atoms with Crippen LogP contribution in [0.5, 0.6) is 0 Å². The molecule has 1 aliphatic carbocycles. The van der Waals surface area contributed by atoms with Gasteiger partial charge in [-0.25, -0.2) is 4.98 Å². The number of rotatable bonds is 6. The van der Waals surface area contributed by atoms with Crippen LogP contribution in [0.3, 0.4) is 0 Å². The summed E-state index contributed by atoms with van der Waals surface area (Å²) in [5.41, 5.74) is 1.65. The number of imidazole rings is 1. The van der Waals surface area contributed by atoms with Crippen molar-refractivity contribution in [3.63, 3.8) is 0 Å². The Labute approximate surface area is 157 Å². The number of nitrogens with one attached hydrogen (secondary N) is 1. The van der Waals surface area contributed by atoms with Gasteiger partial charge in [0.25, 0.3) is 0 Å². The van der Waals surface area contributed by atoms with E-state index in [1.807, 2.05) is 36.5 Å². The van der Waals surface area contributed by atoms with Crippen molar-refractivity contribution >= 4 is 5.91 Å². The third kappa shape index (κ3) is 4.09. The molecule has 0 bridgehead atoms. The molecule has 2 aromatic heterocycles. The number of nitrogens with zero attached hydrogens (tertiary/aromatic N) is 3. The average molecular weight is 366 g/mol. The second kappa shape index (κ2) is 7.75. The first-order valence-corrected chi connectivity index (χ1v) is 9.12. The van der Waals surface area contributed by atoms with E-state index in [9.17, 15) is 9.90 Å². The van der Waals surface area contributed by atoms with Gasteiger partial charge in [-0.3, -0.25) is 4.79 Å². The number of aromatic nitrogens is 3. The van der Waals surface area contributed by atoms with Gasteiger partial charge in [-0.2, -0.15) is 0 Å². The van der Waals surface area contributed by atoms with Gasteiger partial charge in [0, 0.05) is 30.6 Å². The van der Waals surface area contributed by atoms with E-state index in [0.717, 1.165) is 24.4 Å². The number of aliphatic hydroxyl groups excluding tert-OH is 1. The second-order valence-corrected chi connectivity index (χ2v) is 7.02. The number of amides is 1. The Balaban J connectivity index is 1.37. The van der Waals surface area contributed by atoms with Gasteiger partial charge in [0.05, 0.1) is 24.3 Å². The highest BCUT2D eigenvalue weighted by atomic mass is 16.5. The Bertz CT molecular complexity index is 876. The Hall–Kier alpha value is -2.93. The third-order valence-electron chi connectivity index (χ3n) is 5.01. The summed E-state index contributed by atoms with van der Waals surface area (Å²) in [6.07, 6.45) is 6.21. The molecule has 2 N–H and O–H groups in total. The Morgan fingerprint density at radius 2 is 2.11 bits per heavy atom. The molecule has 1 fully saturated rings. The third-order valence-corrected chi connectivity index (χ3v) is 5.01. The molecule has 140 valence electrons. The predicted molar refractivity (Wildman–Crippen MR) is 98.5 cm³/mol. The lowest BCUT2D eigenvalue weighted by Crippen LogP contribution is -2.40. The van der Waals surface area contributed by atoms with Gasteiger partial charge < -0.3 is 19.5 Å².